The van der Waals surface area contributed by atoms with Gasteiger partial charge in [-0.2, -0.15) is 0 Å². The van der Waals surface area contributed by atoms with E-state index in [9.17, 15) is 4.39 Å². The van der Waals surface area contributed by atoms with Crippen molar-refractivity contribution < 1.29 is 4.39 Å². The molecule has 21 heavy (non-hydrogen) atoms. The smallest absolute Gasteiger partial charge is 0.123 e. The van der Waals surface area contributed by atoms with Crippen LogP contribution in [-0.2, 0) is 0 Å². The second kappa shape index (κ2) is 5.98. The molecule has 1 nitrogen and oxygen atoms in total. The van der Waals surface area contributed by atoms with Crippen molar-refractivity contribution >= 4 is 0 Å². The molecule has 0 amide bonds. The summed E-state index contributed by atoms with van der Waals surface area (Å²) in [4.78, 5) is 0. The molecule has 0 heterocycles. The van der Waals surface area contributed by atoms with E-state index in [1.807, 2.05) is 6.07 Å². The summed E-state index contributed by atoms with van der Waals surface area (Å²) < 4.78 is 13.2. The van der Waals surface area contributed by atoms with E-state index in [2.05, 4.69) is 43.4 Å². The van der Waals surface area contributed by atoms with Crippen molar-refractivity contribution in [3.63, 3.8) is 0 Å². The highest BCUT2D eigenvalue weighted by Crippen LogP contribution is 2.38. The molecule has 0 bridgehead atoms. The first-order valence-corrected chi connectivity index (χ1v) is 7.70. The first kappa shape index (κ1) is 14.3. The predicted octanol–water partition coefficient (Wildman–Crippen LogP) is 4.73. The Kier molecular flexibility index (Phi) is 4.07. The third-order valence-corrected chi connectivity index (χ3v) is 4.52. The van der Waals surface area contributed by atoms with Crippen LogP contribution in [0, 0.1) is 12.7 Å². The Hall–Kier alpha value is -1.67. The van der Waals surface area contributed by atoms with E-state index in [0.717, 1.165) is 18.4 Å². The number of rotatable bonds is 4. The largest absolute Gasteiger partial charge is 0.307 e. The van der Waals surface area contributed by atoms with Gasteiger partial charge >= 0.3 is 0 Å². The Morgan fingerprint density at radius 1 is 1.10 bits per heavy atom. The third-order valence-electron chi connectivity index (χ3n) is 4.52. The normalized spacial score (nSPS) is 22.6. The Morgan fingerprint density at radius 2 is 1.81 bits per heavy atom. The third kappa shape index (κ3) is 3.33. The van der Waals surface area contributed by atoms with Gasteiger partial charge in [-0.1, -0.05) is 42.0 Å². The molecule has 0 aromatic heterocycles. The molecule has 1 atom stereocenters. The van der Waals surface area contributed by atoms with Crippen LogP contribution in [0.3, 0.4) is 0 Å². The summed E-state index contributed by atoms with van der Waals surface area (Å²) in [5.74, 6) is 0.375. The highest BCUT2D eigenvalue weighted by Gasteiger charge is 2.31. The summed E-state index contributed by atoms with van der Waals surface area (Å²) >= 11 is 0. The second-order valence-electron chi connectivity index (χ2n) is 6.22. The second-order valence-corrected chi connectivity index (χ2v) is 6.22. The molecule has 0 saturated heterocycles. The van der Waals surface area contributed by atoms with Crippen LogP contribution in [0.15, 0.2) is 48.5 Å². The maximum atomic E-state index is 13.2. The summed E-state index contributed by atoms with van der Waals surface area (Å²) in [6, 6.07) is 16.6. The Labute approximate surface area is 126 Å². The molecule has 0 aliphatic heterocycles. The highest BCUT2D eigenvalue weighted by atomic mass is 19.1. The number of benzene rings is 2. The van der Waals surface area contributed by atoms with E-state index < -0.39 is 0 Å². The summed E-state index contributed by atoms with van der Waals surface area (Å²) in [6.45, 7) is 4.32. The van der Waals surface area contributed by atoms with Crippen LogP contribution in [0.5, 0.6) is 0 Å². The minimum atomic E-state index is -0.128. The molecule has 1 N–H and O–H groups in total. The van der Waals surface area contributed by atoms with Crippen molar-refractivity contribution in [2.24, 2.45) is 0 Å². The number of halogens is 1. The van der Waals surface area contributed by atoms with Crippen LogP contribution in [0.2, 0.25) is 0 Å². The van der Waals surface area contributed by atoms with Gasteiger partial charge in [0.2, 0.25) is 0 Å². The molecule has 1 fully saturated rings. The van der Waals surface area contributed by atoms with Gasteiger partial charge in [0.25, 0.3) is 0 Å². The molecule has 2 aromatic carbocycles. The SMILES string of the molecule is Cc1ccc([C@H](C)NC2CC(c3cccc(F)c3)C2)cc1. The van der Waals surface area contributed by atoms with E-state index in [4.69, 9.17) is 0 Å². The van der Waals surface area contributed by atoms with Gasteiger partial charge in [-0.3, -0.25) is 0 Å². The fraction of sp³-hybridized carbons (Fsp3) is 0.368. The Balaban J connectivity index is 1.54. The summed E-state index contributed by atoms with van der Waals surface area (Å²) in [5, 5.41) is 3.67. The van der Waals surface area contributed by atoms with E-state index in [-0.39, 0.29) is 5.82 Å². The summed E-state index contributed by atoms with van der Waals surface area (Å²) in [5.41, 5.74) is 3.76. The van der Waals surface area contributed by atoms with Gasteiger partial charge in [-0.05, 0) is 55.9 Å². The van der Waals surface area contributed by atoms with E-state index >= 15 is 0 Å². The van der Waals surface area contributed by atoms with Crippen LogP contribution in [0.4, 0.5) is 4.39 Å². The van der Waals surface area contributed by atoms with Crippen molar-refractivity contribution in [2.75, 3.05) is 0 Å². The van der Waals surface area contributed by atoms with E-state index in [1.54, 1.807) is 12.1 Å². The zero-order valence-corrected chi connectivity index (χ0v) is 12.6. The fourth-order valence-corrected chi connectivity index (χ4v) is 3.09. The molecule has 0 spiro atoms. The molecular weight excluding hydrogens is 261 g/mol. The van der Waals surface area contributed by atoms with E-state index in [0.29, 0.717) is 18.0 Å². The molecule has 0 unspecified atom stereocenters. The predicted molar refractivity (Wildman–Crippen MR) is 84.9 cm³/mol. The lowest BCUT2D eigenvalue weighted by atomic mass is 9.75. The number of hydrogen-bond donors (Lipinski definition) is 1. The van der Waals surface area contributed by atoms with Crippen molar-refractivity contribution in [1.82, 2.24) is 5.32 Å². The molecule has 0 radical (unpaired) electrons. The zero-order valence-electron chi connectivity index (χ0n) is 12.6. The van der Waals surface area contributed by atoms with Crippen LogP contribution < -0.4 is 5.32 Å². The van der Waals surface area contributed by atoms with Gasteiger partial charge in [-0.15, -0.1) is 0 Å². The standard InChI is InChI=1S/C19H22FN/c1-13-6-8-15(9-7-13)14(2)21-19-11-17(12-19)16-4-3-5-18(20)10-16/h3-10,14,17,19,21H,11-12H2,1-2H3/t14-,17?,19?/m0/s1. The van der Waals surface area contributed by atoms with Gasteiger partial charge in [0.15, 0.2) is 0 Å². The Morgan fingerprint density at radius 3 is 2.48 bits per heavy atom. The van der Waals surface area contributed by atoms with Crippen LogP contribution in [0.25, 0.3) is 0 Å². The number of aryl methyl sites for hydroxylation is 1. The lowest BCUT2D eigenvalue weighted by Crippen LogP contribution is -2.41. The zero-order chi connectivity index (χ0) is 14.8. The molecule has 2 heteroatoms. The van der Waals surface area contributed by atoms with E-state index in [1.165, 1.54) is 17.2 Å². The average molecular weight is 283 g/mol. The van der Waals surface area contributed by atoms with Crippen LogP contribution >= 0.6 is 0 Å². The molecule has 110 valence electrons. The maximum Gasteiger partial charge on any atom is 0.123 e. The fourth-order valence-electron chi connectivity index (χ4n) is 3.09. The van der Waals surface area contributed by atoms with Crippen molar-refractivity contribution in [3.8, 4) is 0 Å². The average Bonchev–Trinajstić information content (AvgIpc) is 2.43. The lowest BCUT2D eigenvalue weighted by molar-refractivity contribution is 0.270. The topological polar surface area (TPSA) is 12.0 Å². The van der Waals surface area contributed by atoms with Gasteiger partial charge in [0, 0.05) is 12.1 Å². The minimum Gasteiger partial charge on any atom is -0.307 e. The maximum absolute atomic E-state index is 13.2. The lowest BCUT2D eigenvalue weighted by Gasteiger charge is -2.38. The van der Waals surface area contributed by atoms with Gasteiger partial charge in [-0.25, -0.2) is 4.39 Å². The molecule has 2 aromatic rings. The molecular formula is C19H22FN. The van der Waals surface area contributed by atoms with Crippen LogP contribution in [0.1, 0.15) is 48.4 Å². The van der Waals surface area contributed by atoms with Gasteiger partial charge in [0.1, 0.15) is 5.82 Å². The highest BCUT2D eigenvalue weighted by molar-refractivity contribution is 5.26. The Bertz CT molecular complexity index is 599. The van der Waals surface area contributed by atoms with Crippen molar-refractivity contribution in [2.45, 2.75) is 44.7 Å². The molecule has 3 rings (SSSR count). The first-order valence-electron chi connectivity index (χ1n) is 7.70. The first-order chi connectivity index (χ1) is 10.1. The van der Waals surface area contributed by atoms with Crippen molar-refractivity contribution in [3.05, 3.63) is 71.0 Å². The van der Waals surface area contributed by atoms with Crippen molar-refractivity contribution in [1.29, 1.82) is 0 Å². The quantitative estimate of drug-likeness (QED) is 0.855. The molecule has 1 aliphatic rings. The van der Waals surface area contributed by atoms with Gasteiger partial charge < -0.3 is 5.32 Å². The van der Waals surface area contributed by atoms with Gasteiger partial charge in [0.05, 0.1) is 0 Å². The summed E-state index contributed by atoms with van der Waals surface area (Å²) in [6.07, 6.45) is 2.19. The van der Waals surface area contributed by atoms with Crippen LogP contribution in [-0.4, -0.2) is 6.04 Å². The minimum absolute atomic E-state index is 0.128. The monoisotopic (exact) mass is 283 g/mol. The molecule has 1 saturated carbocycles. The number of nitrogens with one attached hydrogen (secondary N) is 1. The number of hydrogen-bond acceptors (Lipinski definition) is 1. The summed E-state index contributed by atoms with van der Waals surface area (Å²) in [7, 11) is 0. The molecule has 1 aliphatic carbocycles.